The first-order chi connectivity index (χ1) is 13.7. The Hall–Kier alpha value is -2.31. The van der Waals surface area contributed by atoms with E-state index in [1.54, 1.807) is 11.8 Å². The van der Waals surface area contributed by atoms with E-state index in [1.807, 2.05) is 35.1 Å². The molecule has 4 rings (SSSR count). The lowest BCUT2D eigenvalue weighted by Crippen LogP contribution is -2.31. The van der Waals surface area contributed by atoms with Crippen LogP contribution in [0.3, 0.4) is 0 Å². The van der Waals surface area contributed by atoms with Crippen molar-refractivity contribution >= 4 is 23.2 Å². The van der Waals surface area contributed by atoms with E-state index in [4.69, 9.17) is 0 Å². The quantitative estimate of drug-likeness (QED) is 0.625. The smallest absolute Gasteiger partial charge is 0.272 e. The Kier molecular flexibility index (Phi) is 5.98. The molecule has 0 aliphatic carbocycles. The summed E-state index contributed by atoms with van der Waals surface area (Å²) in [6.45, 7) is 3.95. The highest BCUT2D eigenvalue weighted by atomic mass is 32.2. The molecule has 1 amide bonds. The van der Waals surface area contributed by atoms with Crippen molar-refractivity contribution < 1.29 is 4.79 Å². The highest BCUT2D eigenvalue weighted by Gasteiger charge is 2.24. The molecule has 1 aliphatic heterocycles. The van der Waals surface area contributed by atoms with Crippen LogP contribution < -0.4 is 5.32 Å². The molecule has 1 aromatic carbocycles. The second-order valence-corrected chi connectivity index (χ2v) is 8.08. The molecule has 1 atom stereocenters. The molecule has 28 heavy (non-hydrogen) atoms. The monoisotopic (exact) mass is 394 g/mol. The van der Waals surface area contributed by atoms with Gasteiger partial charge in [0, 0.05) is 25.8 Å². The predicted octanol–water partition coefficient (Wildman–Crippen LogP) is 3.35. The number of carbonyl (C=O) groups is 1. The normalized spacial score (nSPS) is 17.2. The summed E-state index contributed by atoms with van der Waals surface area (Å²) in [6.07, 6.45) is 6.14. The third-order valence-corrected chi connectivity index (χ3v) is 6.05. The van der Waals surface area contributed by atoms with Crippen molar-refractivity contribution in [2.75, 3.05) is 32.4 Å². The number of carbonyl (C=O) groups excluding carboxylic acids is 1. The molecule has 0 radical (unpaired) electrons. The van der Waals surface area contributed by atoms with Gasteiger partial charge in [-0.1, -0.05) is 48.2 Å². The Morgan fingerprint density at radius 3 is 2.86 bits per heavy atom. The zero-order valence-corrected chi connectivity index (χ0v) is 17.0. The number of nitrogens with zero attached hydrogens (tertiary/aromatic N) is 3. The SMILES string of the molecule is CSc1nc(C(=O)NCC2CCN(CCc3ccccc3)C2)c2ccccn12. The number of hydrogen-bond acceptors (Lipinski definition) is 4. The number of thioether (sulfide) groups is 1. The van der Waals surface area contributed by atoms with Gasteiger partial charge in [-0.05, 0) is 49.3 Å². The van der Waals surface area contributed by atoms with Crippen LogP contribution in [0.2, 0.25) is 0 Å². The Morgan fingerprint density at radius 1 is 1.21 bits per heavy atom. The van der Waals surface area contributed by atoms with Crippen LogP contribution in [0, 0.1) is 5.92 Å². The van der Waals surface area contributed by atoms with Gasteiger partial charge in [-0.15, -0.1) is 0 Å². The third-order valence-electron chi connectivity index (χ3n) is 5.39. The Labute approximate surface area is 170 Å². The number of fused-ring (bicyclic) bond motifs is 1. The number of pyridine rings is 1. The van der Waals surface area contributed by atoms with E-state index >= 15 is 0 Å². The Bertz CT molecular complexity index is 940. The van der Waals surface area contributed by atoms with Crippen LogP contribution in [-0.4, -0.2) is 52.6 Å². The topological polar surface area (TPSA) is 49.6 Å². The molecule has 0 spiro atoms. The van der Waals surface area contributed by atoms with Gasteiger partial charge in [-0.3, -0.25) is 9.20 Å². The van der Waals surface area contributed by atoms with Gasteiger partial charge in [-0.2, -0.15) is 0 Å². The van der Waals surface area contributed by atoms with Crippen molar-refractivity contribution in [3.8, 4) is 0 Å². The fourth-order valence-corrected chi connectivity index (χ4v) is 4.39. The van der Waals surface area contributed by atoms with E-state index in [0.29, 0.717) is 18.2 Å². The summed E-state index contributed by atoms with van der Waals surface area (Å²) in [7, 11) is 0. The number of amides is 1. The predicted molar refractivity (Wildman–Crippen MR) is 114 cm³/mol. The minimum Gasteiger partial charge on any atom is -0.350 e. The molecule has 5 nitrogen and oxygen atoms in total. The summed E-state index contributed by atoms with van der Waals surface area (Å²) in [5.74, 6) is 0.431. The largest absolute Gasteiger partial charge is 0.350 e. The van der Waals surface area contributed by atoms with Crippen LogP contribution in [0.25, 0.3) is 5.52 Å². The van der Waals surface area contributed by atoms with Crippen LogP contribution in [0.1, 0.15) is 22.5 Å². The van der Waals surface area contributed by atoms with E-state index in [0.717, 1.165) is 43.1 Å². The number of aromatic nitrogens is 2. The fraction of sp³-hybridized carbons (Fsp3) is 0.364. The van der Waals surface area contributed by atoms with Crippen LogP contribution >= 0.6 is 11.8 Å². The molecule has 3 heterocycles. The maximum absolute atomic E-state index is 12.7. The molecule has 1 saturated heterocycles. The third kappa shape index (κ3) is 4.23. The maximum atomic E-state index is 12.7. The van der Waals surface area contributed by atoms with Crippen molar-refractivity contribution in [3.63, 3.8) is 0 Å². The second-order valence-electron chi connectivity index (χ2n) is 7.30. The molecule has 1 fully saturated rings. The minimum atomic E-state index is -0.0771. The Morgan fingerprint density at radius 2 is 2.04 bits per heavy atom. The average Bonchev–Trinajstić information content (AvgIpc) is 3.36. The Balaban J connectivity index is 1.30. The van der Waals surface area contributed by atoms with Crippen LogP contribution in [0.4, 0.5) is 0 Å². The van der Waals surface area contributed by atoms with Gasteiger partial charge in [0.2, 0.25) is 0 Å². The molecule has 6 heteroatoms. The van der Waals surface area contributed by atoms with Crippen molar-refractivity contribution in [1.29, 1.82) is 0 Å². The lowest BCUT2D eigenvalue weighted by Gasteiger charge is -2.16. The van der Waals surface area contributed by atoms with Crippen LogP contribution in [-0.2, 0) is 6.42 Å². The second kappa shape index (κ2) is 8.80. The van der Waals surface area contributed by atoms with Gasteiger partial charge in [0.05, 0.1) is 5.52 Å². The van der Waals surface area contributed by atoms with Crippen LogP contribution in [0.15, 0.2) is 59.9 Å². The van der Waals surface area contributed by atoms with Crippen molar-refractivity contribution in [2.45, 2.75) is 18.0 Å². The van der Waals surface area contributed by atoms with Gasteiger partial charge in [0.1, 0.15) is 0 Å². The highest BCUT2D eigenvalue weighted by molar-refractivity contribution is 7.98. The first-order valence-electron chi connectivity index (χ1n) is 9.80. The summed E-state index contributed by atoms with van der Waals surface area (Å²) in [4.78, 5) is 19.8. The molecule has 146 valence electrons. The summed E-state index contributed by atoms with van der Waals surface area (Å²) >= 11 is 1.55. The molecule has 0 bridgehead atoms. The standard InChI is InChI=1S/C22H26N4OS/c1-28-22-24-20(19-9-5-6-12-26(19)22)21(27)23-15-18-11-14-25(16-18)13-10-17-7-3-2-4-8-17/h2-9,12,18H,10-11,13-16H2,1H3,(H,23,27). The van der Waals surface area contributed by atoms with Gasteiger partial charge in [0.25, 0.3) is 5.91 Å². The number of rotatable bonds is 7. The summed E-state index contributed by atoms with van der Waals surface area (Å²) in [5.41, 5.74) is 2.76. The number of likely N-dealkylation sites (tertiary alicyclic amines) is 1. The lowest BCUT2D eigenvalue weighted by atomic mass is 10.1. The highest BCUT2D eigenvalue weighted by Crippen LogP contribution is 2.20. The van der Waals surface area contributed by atoms with Gasteiger partial charge in [0.15, 0.2) is 10.9 Å². The van der Waals surface area contributed by atoms with Crippen molar-refractivity contribution in [1.82, 2.24) is 19.6 Å². The molecular weight excluding hydrogens is 368 g/mol. The number of benzene rings is 1. The summed E-state index contributed by atoms with van der Waals surface area (Å²) < 4.78 is 1.97. The first kappa shape index (κ1) is 19.0. The number of imidazole rings is 1. The zero-order valence-electron chi connectivity index (χ0n) is 16.2. The van der Waals surface area contributed by atoms with Gasteiger partial charge < -0.3 is 10.2 Å². The van der Waals surface area contributed by atoms with Crippen LogP contribution in [0.5, 0.6) is 0 Å². The van der Waals surface area contributed by atoms with E-state index in [1.165, 1.54) is 5.56 Å². The molecule has 1 aliphatic rings. The van der Waals surface area contributed by atoms with Gasteiger partial charge >= 0.3 is 0 Å². The molecular formula is C22H26N4OS. The first-order valence-corrected chi connectivity index (χ1v) is 11.0. The lowest BCUT2D eigenvalue weighted by molar-refractivity contribution is 0.0944. The molecule has 3 aromatic rings. The van der Waals surface area contributed by atoms with Gasteiger partial charge in [-0.25, -0.2) is 4.98 Å². The van der Waals surface area contributed by atoms with E-state index < -0.39 is 0 Å². The summed E-state index contributed by atoms with van der Waals surface area (Å²) in [6, 6.07) is 16.5. The molecule has 0 saturated carbocycles. The van der Waals surface area contributed by atoms with E-state index in [9.17, 15) is 4.79 Å². The number of nitrogens with one attached hydrogen (secondary N) is 1. The zero-order chi connectivity index (χ0) is 19.3. The van der Waals surface area contributed by atoms with Crippen molar-refractivity contribution in [2.24, 2.45) is 5.92 Å². The van der Waals surface area contributed by atoms with E-state index in [2.05, 4.69) is 45.5 Å². The molecule has 1 unspecified atom stereocenters. The summed E-state index contributed by atoms with van der Waals surface area (Å²) in [5, 5.41) is 3.96. The number of hydrogen-bond donors (Lipinski definition) is 1. The average molecular weight is 395 g/mol. The van der Waals surface area contributed by atoms with E-state index in [-0.39, 0.29) is 5.91 Å². The fourth-order valence-electron chi connectivity index (χ4n) is 3.86. The van der Waals surface area contributed by atoms with Crippen molar-refractivity contribution in [3.05, 3.63) is 66.0 Å². The molecule has 1 N–H and O–H groups in total. The molecule has 2 aromatic heterocycles. The minimum absolute atomic E-state index is 0.0771. The maximum Gasteiger partial charge on any atom is 0.272 e.